The topological polar surface area (TPSA) is 21.7 Å². The molecule has 0 N–H and O–H groups in total. The van der Waals surface area contributed by atoms with Gasteiger partial charge in [-0.05, 0) is 43.0 Å². The van der Waals surface area contributed by atoms with Crippen LogP contribution in [0.15, 0.2) is 18.2 Å². The third-order valence-corrected chi connectivity index (χ3v) is 3.76. The molecule has 1 atom stereocenters. The smallest absolute Gasteiger partial charge is 0.161 e. The van der Waals surface area contributed by atoms with Crippen LogP contribution in [0.3, 0.4) is 0 Å². The number of likely N-dealkylation sites (tertiary alicyclic amines) is 1. The summed E-state index contributed by atoms with van der Waals surface area (Å²) in [4.78, 5) is 2.59. The van der Waals surface area contributed by atoms with Crippen molar-refractivity contribution in [2.75, 3.05) is 27.3 Å². The molecule has 1 aliphatic heterocycles. The lowest BCUT2D eigenvalue weighted by Crippen LogP contribution is -2.27. The van der Waals surface area contributed by atoms with Gasteiger partial charge in [-0.15, -0.1) is 0 Å². The Kier molecular flexibility index (Phi) is 4.70. The second-order valence-corrected chi connectivity index (χ2v) is 5.66. The maximum absolute atomic E-state index is 5.41. The average molecular weight is 263 g/mol. The van der Waals surface area contributed by atoms with Gasteiger partial charge >= 0.3 is 0 Å². The van der Waals surface area contributed by atoms with E-state index in [0.29, 0.717) is 12.0 Å². The van der Waals surface area contributed by atoms with Gasteiger partial charge in [0.1, 0.15) is 0 Å². The lowest BCUT2D eigenvalue weighted by Gasteiger charge is -2.27. The van der Waals surface area contributed by atoms with Crippen molar-refractivity contribution in [3.63, 3.8) is 0 Å². The highest BCUT2D eigenvalue weighted by Gasteiger charge is 2.26. The molecule has 0 amide bonds. The summed E-state index contributed by atoms with van der Waals surface area (Å²) in [7, 11) is 3.38. The zero-order chi connectivity index (χ0) is 13.8. The van der Waals surface area contributed by atoms with E-state index in [1.54, 1.807) is 14.2 Å². The van der Waals surface area contributed by atoms with E-state index in [1.165, 1.54) is 31.5 Å². The molecule has 1 heterocycles. The summed E-state index contributed by atoms with van der Waals surface area (Å²) in [5.74, 6) is 2.34. The molecule has 3 heteroatoms. The van der Waals surface area contributed by atoms with Crippen LogP contribution in [-0.4, -0.2) is 32.2 Å². The van der Waals surface area contributed by atoms with E-state index in [-0.39, 0.29) is 0 Å². The maximum atomic E-state index is 5.41. The maximum Gasteiger partial charge on any atom is 0.161 e. The van der Waals surface area contributed by atoms with Crippen LogP contribution in [-0.2, 0) is 0 Å². The van der Waals surface area contributed by atoms with Gasteiger partial charge in [0.05, 0.1) is 14.2 Å². The zero-order valence-corrected chi connectivity index (χ0v) is 12.5. The summed E-state index contributed by atoms with van der Waals surface area (Å²) in [6.45, 7) is 6.93. The predicted octanol–water partition coefficient (Wildman–Crippen LogP) is 3.50. The van der Waals surface area contributed by atoms with Crippen LogP contribution in [0.25, 0.3) is 0 Å². The summed E-state index contributed by atoms with van der Waals surface area (Å²) >= 11 is 0. The summed E-state index contributed by atoms with van der Waals surface area (Å²) in [6.07, 6.45) is 2.52. The molecule has 0 aromatic heterocycles. The highest BCUT2D eigenvalue weighted by molar-refractivity contribution is 5.44. The molecular weight excluding hydrogens is 238 g/mol. The number of nitrogens with zero attached hydrogens (tertiary/aromatic N) is 1. The number of rotatable bonds is 5. The SMILES string of the molecule is COc1ccc([C@@H]2CCCN2CC(C)C)cc1OC. The van der Waals surface area contributed by atoms with Gasteiger partial charge in [-0.2, -0.15) is 0 Å². The third-order valence-electron chi connectivity index (χ3n) is 3.76. The van der Waals surface area contributed by atoms with Gasteiger partial charge in [0.15, 0.2) is 11.5 Å². The molecule has 3 nitrogen and oxygen atoms in total. The van der Waals surface area contributed by atoms with E-state index in [9.17, 15) is 0 Å². The van der Waals surface area contributed by atoms with Gasteiger partial charge in [0.2, 0.25) is 0 Å². The number of ether oxygens (including phenoxy) is 2. The molecule has 106 valence electrons. The monoisotopic (exact) mass is 263 g/mol. The van der Waals surface area contributed by atoms with Crippen molar-refractivity contribution in [3.05, 3.63) is 23.8 Å². The van der Waals surface area contributed by atoms with E-state index >= 15 is 0 Å². The van der Waals surface area contributed by atoms with Gasteiger partial charge < -0.3 is 9.47 Å². The molecule has 0 radical (unpaired) electrons. The Morgan fingerprint density at radius 3 is 2.58 bits per heavy atom. The summed E-state index contributed by atoms with van der Waals surface area (Å²) in [5, 5.41) is 0. The molecule has 1 aliphatic rings. The predicted molar refractivity (Wildman–Crippen MR) is 77.9 cm³/mol. The van der Waals surface area contributed by atoms with Gasteiger partial charge in [-0.1, -0.05) is 19.9 Å². The standard InChI is InChI=1S/C16H25NO2/c1-12(2)11-17-9-5-6-14(17)13-7-8-15(18-3)16(10-13)19-4/h7-8,10,12,14H,5-6,9,11H2,1-4H3/t14-/m0/s1. The van der Waals surface area contributed by atoms with Crippen LogP contribution < -0.4 is 9.47 Å². The lowest BCUT2D eigenvalue weighted by molar-refractivity contribution is 0.228. The molecule has 0 saturated carbocycles. The molecule has 0 bridgehead atoms. The molecule has 2 rings (SSSR count). The average Bonchev–Trinajstić information content (AvgIpc) is 2.85. The Bertz CT molecular complexity index is 417. The first-order valence-electron chi connectivity index (χ1n) is 7.11. The minimum Gasteiger partial charge on any atom is -0.493 e. The molecule has 0 spiro atoms. The van der Waals surface area contributed by atoms with Crippen LogP contribution in [0.4, 0.5) is 0 Å². The van der Waals surface area contributed by atoms with E-state index < -0.39 is 0 Å². The van der Waals surface area contributed by atoms with Crippen molar-refractivity contribution < 1.29 is 9.47 Å². The summed E-state index contributed by atoms with van der Waals surface area (Å²) in [5.41, 5.74) is 1.34. The fourth-order valence-electron chi connectivity index (χ4n) is 2.95. The Morgan fingerprint density at radius 2 is 1.95 bits per heavy atom. The first kappa shape index (κ1) is 14.2. The van der Waals surface area contributed by atoms with Gasteiger partial charge in [0, 0.05) is 12.6 Å². The molecule has 1 fully saturated rings. The Labute approximate surface area is 116 Å². The van der Waals surface area contributed by atoms with Crippen LogP contribution in [0, 0.1) is 5.92 Å². The quantitative estimate of drug-likeness (QED) is 0.811. The summed E-state index contributed by atoms with van der Waals surface area (Å²) < 4.78 is 10.7. The highest BCUT2D eigenvalue weighted by atomic mass is 16.5. The normalized spacial score (nSPS) is 19.9. The van der Waals surface area contributed by atoms with Crippen molar-refractivity contribution in [1.82, 2.24) is 4.90 Å². The first-order valence-corrected chi connectivity index (χ1v) is 7.11. The van der Waals surface area contributed by atoms with Gasteiger partial charge in [0.25, 0.3) is 0 Å². The van der Waals surface area contributed by atoms with Crippen LogP contribution in [0.2, 0.25) is 0 Å². The fraction of sp³-hybridized carbons (Fsp3) is 0.625. The van der Waals surface area contributed by atoms with Gasteiger partial charge in [-0.25, -0.2) is 0 Å². The molecule has 19 heavy (non-hydrogen) atoms. The van der Waals surface area contributed by atoms with E-state index in [1.807, 2.05) is 6.07 Å². The van der Waals surface area contributed by atoms with Crippen molar-refractivity contribution in [1.29, 1.82) is 0 Å². The minimum absolute atomic E-state index is 0.530. The van der Waals surface area contributed by atoms with Crippen LogP contribution >= 0.6 is 0 Å². The second kappa shape index (κ2) is 6.29. The van der Waals surface area contributed by atoms with E-state index in [0.717, 1.165) is 11.5 Å². The molecule has 1 aromatic rings. The number of hydrogen-bond donors (Lipinski definition) is 0. The largest absolute Gasteiger partial charge is 0.493 e. The third kappa shape index (κ3) is 3.21. The van der Waals surface area contributed by atoms with Crippen LogP contribution in [0.1, 0.15) is 38.3 Å². The molecule has 1 saturated heterocycles. The molecule has 1 aromatic carbocycles. The molecular formula is C16H25NO2. The second-order valence-electron chi connectivity index (χ2n) is 5.66. The van der Waals surface area contributed by atoms with E-state index in [2.05, 4.69) is 30.9 Å². The highest BCUT2D eigenvalue weighted by Crippen LogP contribution is 2.37. The Hall–Kier alpha value is -1.22. The van der Waals surface area contributed by atoms with Crippen molar-refractivity contribution in [3.8, 4) is 11.5 Å². The van der Waals surface area contributed by atoms with Gasteiger partial charge in [-0.3, -0.25) is 4.90 Å². The number of benzene rings is 1. The van der Waals surface area contributed by atoms with Crippen molar-refractivity contribution >= 4 is 0 Å². The minimum atomic E-state index is 0.530. The van der Waals surface area contributed by atoms with E-state index in [4.69, 9.17) is 9.47 Å². The lowest BCUT2D eigenvalue weighted by atomic mass is 10.0. The fourth-order valence-corrected chi connectivity index (χ4v) is 2.95. The zero-order valence-electron chi connectivity index (χ0n) is 12.5. The van der Waals surface area contributed by atoms with Crippen molar-refractivity contribution in [2.45, 2.75) is 32.7 Å². The van der Waals surface area contributed by atoms with Crippen molar-refractivity contribution in [2.24, 2.45) is 5.92 Å². The Balaban J connectivity index is 2.20. The Morgan fingerprint density at radius 1 is 1.21 bits per heavy atom. The number of methoxy groups -OCH3 is 2. The first-order chi connectivity index (χ1) is 9.15. The molecule has 0 unspecified atom stereocenters. The number of hydrogen-bond acceptors (Lipinski definition) is 3. The summed E-state index contributed by atoms with van der Waals surface area (Å²) in [6, 6.07) is 6.84. The molecule has 0 aliphatic carbocycles. The van der Waals surface area contributed by atoms with Crippen LogP contribution in [0.5, 0.6) is 11.5 Å².